The molecule has 0 bridgehead atoms. The van der Waals surface area contributed by atoms with Crippen molar-refractivity contribution in [3.8, 4) is 0 Å². The van der Waals surface area contributed by atoms with Crippen LogP contribution >= 0.6 is 0 Å². The maximum absolute atomic E-state index is 13.1. The van der Waals surface area contributed by atoms with Crippen molar-refractivity contribution in [2.45, 2.75) is 17.1 Å². The van der Waals surface area contributed by atoms with Crippen LogP contribution in [0.4, 0.5) is 10.1 Å². The van der Waals surface area contributed by atoms with Crippen molar-refractivity contribution in [3.63, 3.8) is 0 Å². The molecule has 30 heavy (non-hydrogen) atoms. The molecule has 9 heteroatoms. The van der Waals surface area contributed by atoms with Crippen molar-refractivity contribution in [2.24, 2.45) is 0 Å². The SMILES string of the molecule is Cc1ccc(S(=O)(=O)[C@H](CNC(=O)C(=O)Nc2ccc(F)cc2)c2ccco2)cc1. The summed E-state index contributed by atoms with van der Waals surface area (Å²) in [6, 6.07) is 14.2. The van der Waals surface area contributed by atoms with Gasteiger partial charge >= 0.3 is 11.8 Å². The van der Waals surface area contributed by atoms with Crippen LogP contribution in [-0.2, 0) is 19.4 Å². The van der Waals surface area contributed by atoms with E-state index in [0.717, 1.165) is 17.7 Å². The van der Waals surface area contributed by atoms with E-state index < -0.39 is 32.7 Å². The number of nitrogens with one attached hydrogen (secondary N) is 2. The summed E-state index contributed by atoms with van der Waals surface area (Å²) in [5, 5.41) is 3.41. The third-order valence-corrected chi connectivity index (χ3v) is 6.42. The van der Waals surface area contributed by atoms with Gasteiger partial charge in [0.1, 0.15) is 16.8 Å². The number of sulfone groups is 1. The molecule has 3 aromatic rings. The molecule has 0 radical (unpaired) electrons. The highest BCUT2D eigenvalue weighted by atomic mass is 32.2. The van der Waals surface area contributed by atoms with Gasteiger partial charge in [-0.1, -0.05) is 17.7 Å². The van der Waals surface area contributed by atoms with E-state index in [-0.39, 0.29) is 22.9 Å². The third kappa shape index (κ3) is 4.93. The molecule has 0 saturated heterocycles. The number of benzene rings is 2. The Labute approximate surface area is 172 Å². The number of halogens is 1. The van der Waals surface area contributed by atoms with E-state index in [1.807, 2.05) is 6.92 Å². The Kier molecular flexibility index (Phi) is 6.31. The summed E-state index contributed by atoms with van der Waals surface area (Å²) in [7, 11) is -3.91. The number of carbonyl (C=O) groups is 2. The summed E-state index contributed by atoms with van der Waals surface area (Å²) in [5.41, 5.74) is 1.13. The summed E-state index contributed by atoms with van der Waals surface area (Å²) in [6.07, 6.45) is 1.33. The van der Waals surface area contributed by atoms with E-state index in [0.29, 0.717) is 0 Å². The van der Waals surface area contributed by atoms with Crippen LogP contribution in [0.3, 0.4) is 0 Å². The normalized spacial score (nSPS) is 12.2. The summed E-state index contributed by atoms with van der Waals surface area (Å²) in [5.74, 6) is -2.39. The summed E-state index contributed by atoms with van der Waals surface area (Å²) in [6.45, 7) is 1.46. The molecule has 7 nitrogen and oxygen atoms in total. The maximum Gasteiger partial charge on any atom is 0.313 e. The molecular formula is C21H19FN2O5S. The number of anilines is 1. The van der Waals surface area contributed by atoms with Crippen LogP contribution in [-0.4, -0.2) is 26.8 Å². The average Bonchev–Trinajstić information content (AvgIpc) is 3.24. The van der Waals surface area contributed by atoms with Gasteiger partial charge in [-0.2, -0.15) is 0 Å². The molecule has 1 heterocycles. The number of hydrogen-bond acceptors (Lipinski definition) is 5. The first-order chi connectivity index (χ1) is 14.3. The third-order valence-electron chi connectivity index (χ3n) is 4.34. The van der Waals surface area contributed by atoms with Crippen LogP contribution < -0.4 is 10.6 Å². The maximum atomic E-state index is 13.1. The van der Waals surface area contributed by atoms with Gasteiger partial charge in [-0.15, -0.1) is 0 Å². The summed E-state index contributed by atoms with van der Waals surface area (Å²) >= 11 is 0. The second-order valence-electron chi connectivity index (χ2n) is 6.53. The van der Waals surface area contributed by atoms with Crippen LogP contribution in [0.1, 0.15) is 16.6 Å². The molecule has 2 amide bonds. The van der Waals surface area contributed by atoms with E-state index in [2.05, 4.69) is 10.6 Å². The molecule has 1 aromatic heterocycles. The molecule has 0 spiro atoms. The lowest BCUT2D eigenvalue weighted by molar-refractivity contribution is -0.136. The van der Waals surface area contributed by atoms with E-state index in [9.17, 15) is 22.4 Å². The molecule has 0 saturated carbocycles. The number of aryl methyl sites for hydroxylation is 1. The first-order valence-electron chi connectivity index (χ1n) is 8.96. The van der Waals surface area contributed by atoms with Crippen LogP contribution in [0, 0.1) is 12.7 Å². The summed E-state index contributed by atoms with van der Waals surface area (Å²) in [4.78, 5) is 24.3. The molecule has 1 atom stereocenters. The fourth-order valence-electron chi connectivity index (χ4n) is 2.72. The minimum absolute atomic E-state index is 0.0690. The molecule has 2 aromatic carbocycles. The zero-order valence-electron chi connectivity index (χ0n) is 16.0. The van der Waals surface area contributed by atoms with E-state index >= 15 is 0 Å². The van der Waals surface area contributed by atoms with Gasteiger partial charge in [-0.3, -0.25) is 9.59 Å². The van der Waals surface area contributed by atoms with Crippen LogP contribution in [0.25, 0.3) is 0 Å². The van der Waals surface area contributed by atoms with Gasteiger partial charge < -0.3 is 15.1 Å². The molecule has 2 N–H and O–H groups in total. The number of rotatable bonds is 6. The molecule has 156 valence electrons. The van der Waals surface area contributed by atoms with Gasteiger partial charge in [0.2, 0.25) is 0 Å². The van der Waals surface area contributed by atoms with Gasteiger partial charge in [0.25, 0.3) is 0 Å². The molecular weight excluding hydrogens is 411 g/mol. The van der Waals surface area contributed by atoms with Crippen LogP contribution in [0.2, 0.25) is 0 Å². The number of hydrogen-bond donors (Lipinski definition) is 2. The predicted octanol–water partition coefficient (Wildman–Crippen LogP) is 3.00. The highest BCUT2D eigenvalue weighted by Gasteiger charge is 2.32. The Morgan fingerprint density at radius 2 is 1.67 bits per heavy atom. The Bertz CT molecular complexity index is 1130. The monoisotopic (exact) mass is 430 g/mol. The largest absolute Gasteiger partial charge is 0.468 e. The minimum atomic E-state index is -3.91. The highest BCUT2D eigenvalue weighted by Crippen LogP contribution is 2.29. The van der Waals surface area contributed by atoms with Crippen molar-refractivity contribution in [1.82, 2.24) is 5.32 Å². The molecule has 0 fully saturated rings. The molecule has 3 rings (SSSR count). The average molecular weight is 430 g/mol. The first-order valence-corrected chi connectivity index (χ1v) is 10.5. The Morgan fingerprint density at radius 1 is 1.00 bits per heavy atom. The first kappa shape index (κ1) is 21.3. The Hall–Kier alpha value is -3.46. The second kappa shape index (κ2) is 8.91. The topological polar surface area (TPSA) is 105 Å². The zero-order valence-corrected chi connectivity index (χ0v) is 16.8. The quantitative estimate of drug-likeness (QED) is 0.585. The van der Waals surface area contributed by atoms with Gasteiger partial charge in [-0.05, 0) is 55.5 Å². The number of carbonyl (C=O) groups excluding carboxylic acids is 2. The van der Waals surface area contributed by atoms with Crippen molar-refractivity contribution in [2.75, 3.05) is 11.9 Å². The molecule has 0 aliphatic carbocycles. The standard InChI is InChI=1S/C21H19FN2O5S/c1-14-4-10-17(11-5-14)30(27,28)19(18-3-2-12-29-18)13-23-20(25)21(26)24-16-8-6-15(22)7-9-16/h2-12,19H,13H2,1H3,(H,23,25)(H,24,26)/t19-/m1/s1. The van der Waals surface area contributed by atoms with Crippen molar-refractivity contribution in [1.29, 1.82) is 0 Å². The van der Waals surface area contributed by atoms with Crippen molar-refractivity contribution in [3.05, 3.63) is 84.1 Å². The fraction of sp³-hybridized carbons (Fsp3) is 0.143. The minimum Gasteiger partial charge on any atom is -0.468 e. The zero-order chi connectivity index (χ0) is 21.7. The lowest BCUT2D eigenvalue weighted by atomic mass is 10.2. The van der Waals surface area contributed by atoms with E-state index in [1.165, 1.54) is 42.7 Å². The van der Waals surface area contributed by atoms with Crippen molar-refractivity contribution < 1.29 is 26.8 Å². The van der Waals surface area contributed by atoms with Gasteiger partial charge in [0, 0.05) is 12.2 Å². The Balaban J connectivity index is 1.74. The van der Waals surface area contributed by atoms with Crippen LogP contribution in [0.5, 0.6) is 0 Å². The van der Waals surface area contributed by atoms with E-state index in [4.69, 9.17) is 4.42 Å². The van der Waals surface area contributed by atoms with Crippen molar-refractivity contribution >= 4 is 27.3 Å². The highest BCUT2D eigenvalue weighted by molar-refractivity contribution is 7.91. The fourth-order valence-corrected chi connectivity index (χ4v) is 4.30. The molecule has 0 aliphatic heterocycles. The predicted molar refractivity (Wildman–Crippen MR) is 108 cm³/mol. The molecule has 0 unspecified atom stereocenters. The van der Waals surface area contributed by atoms with E-state index in [1.54, 1.807) is 12.1 Å². The van der Waals surface area contributed by atoms with Gasteiger partial charge in [-0.25, -0.2) is 12.8 Å². The summed E-state index contributed by atoms with van der Waals surface area (Å²) < 4.78 is 44.4. The van der Waals surface area contributed by atoms with Gasteiger partial charge in [0.15, 0.2) is 9.84 Å². The smallest absolute Gasteiger partial charge is 0.313 e. The number of furan rings is 1. The lowest BCUT2D eigenvalue weighted by Gasteiger charge is -2.17. The lowest BCUT2D eigenvalue weighted by Crippen LogP contribution is -2.39. The second-order valence-corrected chi connectivity index (χ2v) is 8.66. The number of amides is 2. The van der Waals surface area contributed by atoms with Crippen LogP contribution in [0.15, 0.2) is 76.2 Å². The molecule has 0 aliphatic rings. The van der Waals surface area contributed by atoms with Gasteiger partial charge in [0.05, 0.1) is 11.2 Å². The Morgan fingerprint density at radius 3 is 2.27 bits per heavy atom.